The second-order valence-corrected chi connectivity index (χ2v) is 7.87. The van der Waals surface area contributed by atoms with Crippen molar-refractivity contribution < 1.29 is 17.9 Å². The van der Waals surface area contributed by atoms with E-state index in [9.17, 15) is 13.2 Å². The van der Waals surface area contributed by atoms with Crippen molar-refractivity contribution in [2.24, 2.45) is 0 Å². The summed E-state index contributed by atoms with van der Waals surface area (Å²) < 4.78 is 28.5. The zero-order valence-corrected chi connectivity index (χ0v) is 14.2. The molecule has 1 unspecified atom stereocenters. The number of aryl methyl sites for hydroxylation is 1. The van der Waals surface area contributed by atoms with Gasteiger partial charge in [0.1, 0.15) is 4.71 Å². The van der Waals surface area contributed by atoms with Gasteiger partial charge in [0.2, 0.25) is 0 Å². The van der Waals surface area contributed by atoms with Crippen molar-refractivity contribution in [1.29, 1.82) is 0 Å². The summed E-state index contributed by atoms with van der Waals surface area (Å²) in [6.07, 6.45) is 0.568. The van der Waals surface area contributed by atoms with E-state index in [4.69, 9.17) is 16.3 Å². The van der Waals surface area contributed by atoms with Gasteiger partial charge in [-0.3, -0.25) is 0 Å². The number of rotatable bonds is 6. The van der Waals surface area contributed by atoms with E-state index in [0.717, 1.165) is 0 Å². The van der Waals surface area contributed by atoms with Crippen molar-refractivity contribution in [3.63, 3.8) is 0 Å². The molecule has 0 aromatic heterocycles. The van der Waals surface area contributed by atoms with E-state index in [1.54, 1.807) is 42.5 Å². The van der Waals surface area contributed by atoms with Crippen molar-refractivity contribution in [3.8, 4) is 0 Å². The second kappa shape index (κ2) is 7.62. The fourth-order valence-corrected chi connectivity index (χ4v) is 3.91. The first-order chi connectivity index (χ1) is 11.0. The minimum absolute atomic E-state index is 0.196. The fourth-order valence-electron chi connectivity index (χ4n) is 2.23. The number of esters is 1. The highest BCUT2D eigenvalue weighted by Crippen LogP contribution is 2.23. The van der Waals surface area contributed by atoms with Gasteiger partial charge < -0.3 is 4.74 Å². The van der Waals surface area contributed by atoms with Gasteiger partial charge in [0.15, 0.2) is 9.84 Å². The van der Waals surface area contributed by atoms with E-state index in [0.29, 0.717) is 17.5 Å². The Morgan fingerprint density at radius 1 is 1.09 bits per heavy atom. The Morgan fingerprint density at radius 3 is 2.35 bits per heavy atom. The first kappa shape index (κ1) is 17.5. The summed E-state index contributed by atoms with van der Waals surface area (Å²) in [5.74, 6) is -0.447. The number of sulfone groups is 1. The minimum Gasteiger partial charge on any atom is -0.465 e. The maximum atomic E-state index is 12.4. The van der Waals surface area contributed by atoms with Gasteiger partial charge in [-0.1, -0.05) is 36.4 Å². The van der Waals surface area contributed by atoms with Crippen LogP contribution in [-0.4, -0.2) is 26.2 Å². The second-order valence-electron chi connectivity index (χ2n) is 4.96. The fraction of sp³-hybridized carbons (Fsp3) is 0.235. The third kappa shape index (κ3) is 4.12. The largest absolute Gasteiger partial charge is 0.465 e. The number of carbonyl (C=O) groups is 1. The quantitative estimate of drug-likeness (QED) is 0.590. The molecule has 0 fully saturated rings. The topological polar surface area (TPSA) is 60.4 Å². The van der Waals surface area contributed by atoms with Crippen LogP contribution in [0.25, 0.3) is 0 Å². The molecule has 0 N–H and O–H groups in total. The lowest BCUT2D eigenvalue weighted by Crippen LogP contribution is -2.17. The Balaban J connectivity index is 2.14. The summed E-state index contributed by atoms with van der Waals surface area (Å²) in [7, 11) is -2.29. The van der Waals surface area contributed by atoms with E-state index in [2.05, 4.69) is 0 Å². The molecule has 0 bridgehead atoms. The summed E-state index contributed by atoms with van der Waals surface area (Å²) in [4.78, 5) is 11.9. The maximum absolute atomic E-state index is 12.4. The number of halogens is 1. The number of methoxy groups -OCH3 is 1. The Hall–Kier alpha value is -1.85. The predicted octanol–water partition coefficient (Wildman–Crippen LogP) is 3.44. The zero-order chi connectivity index (χ0) is 16.9. The monoisotopic (exact) mass is 352 g/mol. The van der Waals surface area contributed by atoms with E-state index >= 15 is 0 Å². The molecule has 0 saturated heterocycles. The molecule has 0 aliphatic rings. The van der Waals surface area contributed by atoms with Crippen molar-refractivity contribution >= 4 is 27.4 Å². The number of benzene rings is 2. The van der Waals surface area contributed by atoms with Crippen LogP contribution < -0.4 is 0 Å². The Bertz CT molecular complexity index is 772. The molecule has 1 atom stereocenters. The molecule has 0 heterocycles. The molecule has 2 rings (SSSR count). The molecule has 6 heteroatoms. The third-order valence-electron chi connectivity index (χ3n) is 3.47. The lowest BCUT2D eigenvalue weighted by Gasteiger charge is -2.12. The molecular weight excluding hydrogens is 336 g/mol. The highest BCUT2D eigenvalue weighted by molar-refractivity contribution is 7.93. The van der Waals surface area contributed by atoms with Gasteiger partial charge in [-0.25, -0.2) is 13.2 Å². The molecule has 2 aromatic carbocycles. The van der Waals surface area contributed by atoms with Crippen LogP contribution in [0.2, 0.25) is 0 Å². The van der Waals surface area contributed by atoms with Crippen molar-refractivity contribution in [1.82, 2.24) is 0 Å². The lowest BCUT2D eigenvalue weighted by molar-refractivity contribution is 0.0599. The van der Waals surface area contributed by atoms with Gasteiger partial charge in [-0.15, -0.1) is 11.6 Å². The highest BCUT2D eigenvalue weighted by atomic mass is 35.5. The molecule has 0 saturated carbocycles. The van der Waals surface area contributed by atoms with Crippen LogP contribution in [0.4, 0.5) is 0 Å². The molecule has 23 heavy (non-hydrogen) atoms. The number of hydrogen-bond donors (Lipinski definition) is 0. The molecule has 0 spiro atoms. The van der Waals surface area contributed by atoms with Crippen LogP contribution >= 0.6 is 11.6 Å². The van der Waals surface area contributed by atoms with Crippen molar-refractivity contribution in [2.75, 3.05) is 7.11 Å². The van der Waals surface area contributed by atoms with E-state index in [-0.39, 0.29) is 11.3 Å². The number of ether oxygens (including phenoxy) is 1. The van der Waals surface area contributed by atoms with Crippen molar-refractivity contribution in [3.05, 3.63) is 65.7 Å². The summed E-state index contributed by atoms with van der Waals surface area (Å²) in [6.45, 7) is 0. The van der Waals surface area contributed by atoms with Crippen LogP contribution in [0.3, 0.4) is 0 Å². The van der Waals surface area contributed by atoms with Crippen molar-refractivity contribution in [2.45, 2.75) is 22.4 Å². The van der Waals surface area contributed by atoms with Crippen LogP contribution in [0.1, 0.15) is 22.3 Å². The molecule has 0 radical (unpaired) electrons. The lowest BCUT2D eigenvalue weighted by atomic mass is 10.0. The molecule has 122 valence electrons. The summed E-state index contributed by atoms with van der Waals surface area (Å²) in [6, 6.07) is 15.0. The SMILES string of the molecule is COC(=O)c1ccccc1CCC(Cl)S(=O)(=O)c1ccccc1. The van der Waals surface area contributed by atoms with Gasteiger partial charge in [0.25, 0.3) is 0 Å². The van der Waals surface area contributed by atoms with E-state index in [1.165, 1.54) is 19.2 Å². The Labute approximate surface area is 141 Å². The molecular formula is C17H17ClO4S. The average molecular weight is 353 g/mol. The first-order valence-electron chi connectivity index (χ1n) is 7.06. The maximum Gasteiger partial charge on any atom is 0.338 e. The van der Waals surface area contributed by atoms with E-state index < -0.39 is 20.5 Å². The molecule has 4 nitrogen and oxygen atoms in total. The molecule has 2 aromatic rings. The average Bonchev–Trinajstić information content (AvgIpc) is 2.59. The third-order valence-corrected chi connectivity index (χ3v) is 6.23. The molecule has 0 amide bonds. The van der Waals surface area contributed by atoms with Crippen LogP contribution in [-0.2, 0) is 21.0 Å². The summed E-state index contributed by atoms with van der Waals surface area (Å²) in [5.41, 5.74) is 1.14. The number of alkyl halides is 1. The van der Waals surface area contributed by atoms with Gasteiger partial charge >= 0.3 is 5.97 Å². The van der Waals surface area contributed by atoms with Crippen LogP contribution in [0.5, 0.6) is 0 Å². The Kier molecular flexibility index (Phi) is 5.80. The number of carbonyl (C=O) groups excluding carboxylic acids is 1. The smallest absolute Gasteiger partial charge is 0.338 e. The predicted molar refractivity (Wildman–Crippen MR) is 89.4 cm³/mol. The van der Waals surface area contributed by atoms with E-state index in [1.807, 2.05) is 0 Å². The zero-order valence-electron chi connectivity index (χ0n) is 12.6. The molecule has 0 aliphatic carbocycles. The normalized spacial score (nSPS) is 12.6. The van der Waals surface area contributed by atoms with Crippen LogP contribution in [0, 0.1) is 0 Å². The van der Waals surface area contributed by atoms with Gasteiger partial charge in [-0.05, 0) is 36.6 Å². The minimum atomic E-state index is -3.60. The number of hydrogen-bond acceptors (Lipinski definition) is 4. The summed E-state index contributed by atoms with van der Waals surface area (Å²) in [5, 5.41) is 0. The van der Waals surface area contributed by atoms with Gasteiger partial charge in [0, 0.05) is 0 Å². The first-order valence-corrected chi connectivity index (χ1v) is 9.04. The van der Waals surface area contributed by atoms with Gasteiger partial charge in [0.05, 0.1) is 17.6 Å². The molecule has 0 aliphatic heterocycles. The van der Waals surface area contributed by atoms with Crippen LogP contribution in [0.15, 0.2) is 59.5 Å². The van der Waals surface area contributed by atoms with Gasteiger partial charge in [-0.2, -0.15) is 0 Å². The summed E-state index contributed by atoms with van der Waals surface area (Å²) >= 11 is 6.12. The Morgan fingerprint density at radius 2 is 1.70 bits per heavy atom. The standard InChI is InChI=1S/C17H17ClO4S/c1-22-17(19)15-10-6-5-7-13(15)11-12-16(18)23(20,21)14-8-3-2-4-9-14/h2-10,16H,11-12H2,1H3. The highest BCUT2D eigenvalue weighted by Gasteiger charge is 2.25.